The lowest BCUT2D eigenvalue weighted by atomic mass is 10.3. The van der Waals surface area contributed by atoms with Crippen molar-refractivity contribution in [1.29, 1.82) is 0 Å². The summed E-state index contributed by atoms with van der Waals surface area (Å²) in [6, 6.07) is 6.12. The third-order valence-corrected chi connectivity index (χ3v) is 1.81. The van der Waals surface area contributed by atoms with E-state index in [1.54, 1.807) is 12.1 Å². The van der Waals surface area contributed by atoms with E-state index < -0.39 is 19.2 Å². The number of para-hydroxylation sites is 2. The number of primary amides is 1. The molecular formula is C11H15NO5. The number of amides is 1. The van der Waals surface area contributed by atoms with E-state index in [2.05, 4.69) is 4.74 Å². The fourth-order valence-electron chi connectivity index (χ4n) is 1.07. The van der Waals surface area contributed by atoms with Gasteiger partial charge in [0.1, 0.15) is 19.3 Å². The first-order chi connectivity index (χ1) is 9.28. The van der Waals surface area contributed by atoms with Gasteiger partial charge in [0, 0.05) is 0 Å². The van der Waals surface area contributed by atoms with E-state index in [9.17, 15) is 9.90 Å². The highest BCUT2D eigenvalue weighted by atomic mass is 16.6. The average molecular weight is 245 g/mol. The van der Waals surface area contributed by atoms with Crippen molar-refractivity contribution in [2.75, 3.05) is 20.3 Å². The summed E-state index contributed by atoms with van der Waals surface area (Å²) >= 11 is 0. The number of methoxy groups -OCH3 is 1. The number of carbonyl (C=O) groups is 1. The van der Waals surface area contributed by atoms with Crippen LogP contribution in [-0.4, -0.2) is 37.6 Å². The first-order valence-electron chi connectivity index (χ1n) is 6.29. The molecule has 94 valence electrons. The molecule has 0 fully saturated rings. The molecule has 0 aliphatic heterocycles. The van der Waals surface area contributed by atoms with Crippen LogP contribution >= 0.6 is 0 Å². The zero-order valence-corrected chi connectivity index (χ0v) is 8.96. The fourth-order valence-corrected chi connectivity index (χ4v) is 1.07. The standard InChI is InChI=1S/C11H15NO5/c1-15-9-4-2-3-5-10(9)16-6-8(13)7-17-11(12)14/h2-5,8,13H,6-7H2,1H3,(H2,12,14)/i1+1D3. The molecule has 0 radical (unpaired) electrons. The lowest BCUT2D eigenvalue weighted by Crippen LogP contribution is -2.27. The Morgan fingerprint density at radius 1 is 1.47 bits per heavy atom. The lowest BCUT2D eigenvalue weighted by Gasteiger charge is -2.13. The van der Waals surface area contributed by atoms with Crippen LogP contribution in [0.15, 0.2) is 24.3 Å². The Morgan fingerprint density at radius 3 is 2.82 bits per heavy atom. The molecule has 6 heteroatoms. The molecule has 0 aliphatic rings. The molecule has 0 bridgehead atoms. The van der Waals surface area contributed by atoms with E-state index in [0.717, 1.165) is 0 Å². The Bertz CT molecular complexity index is 452. The zero-order valence-electron chi connectivity index (χ0n) is 12.0. The number of carbonyl (C=O) groups excluding carboxylic acids is 1. The van der Waals surface area contributed by atoms with Gasteiger partial charge in [-0.15, -0.1) is 0 Å². The van der Waals surface area contributed by atoms with Crippen LogP contribution in [0.1, 0.15) is 4.11 Å². The highest BCUT2D eigenvalue weighted by Crippen LogP contribution is 2.25. The fraction of sp³-hybridized carbons (Fsp3) is 0.364. The van der Waals surface area contributed by atoms with Gasteiger partial charge in [-0.3, -0.25) is 0 Å². The largest absolute Gasteiger partial charge is 0.493 e. The number of aliphatic hydroxyl groups excluding tert-OH is 1. The van der Waals surface area contributed by atoms with Crippen LogP contribution in [0.3, 0.4) is 0 Å². The van der Waals surface area contributed by atoms with E-state index in [0.29, 0.717) is 0 Å². The molecule has 1 aromatic rings. The number of hydrogen-bond acceptors (Lipinski definition) is 5. The van der Waals surface area contributed by atoms with E-state index in [1.165, 1.54) is 12.1 Å². The molecule has 1 aromatic carbocycles. The molecule has 0 heterocycles. The Labute approximate surface area is 103 Å². The number of aliphatic hydroxyl groups is 1. The molecule has 1 unspecified atom stereocenters. The van der Waals surface area contributed by atoms with Crippen LogP contribution in [0.25, 0.3) is 0 Å². The zero-order chi connectivity index (χ0) is 15.2. The second-order valence-corrected chi connectivity index (χ2v) is 3.14. The maximum absolute atomic E-state index is 10.4. The summed E-state index contributed by atoms with van der Waals surface area (Å²) in [5, 5.41) is 9.47. The first kappa shape index (κ1) is 9.12. The monoisotopic (exact) mass is 245 g/mol. The van der Waals surface area contributed by atoms with Gasteiger partial charge in [-0.05, 0) is 12.1 Å². The Morgan fingerprint density at radius 2 is 2.18 bits per heavy atom. The Balaban J connectivity index is 2.57. The van der Waals surface area contributed by atoms with Gasteiger partial charge >= 0.3 is 6.09 Å². The van der Waals surface area contributed by atoms with Gasteiger partial charge in [0.25, 0.3) is 0 Å². The number of ether oxygens (including phenoxy) is 3. The molecule has 0 saturated carbocycles. The van der Waals surface area contributed by atoms with Gasteiger partial charge < -0.3 is 25.1 Å². The minimum absolute atomic E-state index is 0.0236. The predicted octanol–water partition coefficient (Wildman–Crippen LogP) is 0.530. The number of benzene rings is 1. The van der Waals surface area contributed by atoms with E-state index in [-0.39, 0.29) is 24.7 Å². The summed E-state index contributed by atoms with van der Waals surface area (Å²) in [6.45, 7) is -0.535. The van der Waals surface area contributed by atoms with Crippen molar-refractivity contribution in [1.82, 2.24) is 0 Å². The van der Waals surface area contributed by atoms with Crippen molar-refractivity contribution in [3.63, 3.8) is 0 Å². The topological polar surface area (TPSA) is 91.0 Å². The number of nitrogens with two attached hydrogens (primary N) is 1. The summed E-state index contributed by atoms with van der Waals surface area (Å²) < 4.78 is 35.5. The SMILES string of the molecule is [2H][13C]([2H])([2H])Oc1ccccc1OCC(O)COC(N)=O. The Kier molecular flexibility index (Phi) is 3.54. The first-order valence-corrected chi connectivity index (χ1v) is 4.79. The average Bonchev–Trinajstić information content (AvgIpc) is 2.33. The Hall–Kier alpha value is -1.95. The maximum Gasteiger partial charge on any atom is 0.404 e. The van der Waals surface area contributed by atoms with Crippen molar-refractivity contribution in [3.8, 4) is 11.5 Å². The smallest absolute Gasteiger partial charge is 0.404 e. The van der Waals surface area contributed by atoms with Gasteiger partial charge in [0.05, 0.1) is 11.2 Å². The van der Waals surface area contributed by atoms with Crippen molar-refractivity contribution in [2.45, 2.75) is 6.10 Å². The normalized spacial score (nSPS) is 15.0. The van der Waals surface area contributed by atoms with Crippen molar-refractivity contribution in [2.24, 2.45) is 5.73 Å². The molecule has 1 rings (SSSR count). The minimum atomic E-state index is -2.60. The summed E-state index contributed by atoms with van der Waals surface area (Å²) in [5.74, 6) is 0.178. The van der Waals surface area contributed by atoms with Gasteiger partial charge in [-0.1, -0.05) is 12.1 Å². The second-order valence-electron chi connectivity index (χ2n) is 3.14. The second kappa shape index (κ2) is 6.59. The number of hydrogen-bond donors (Lipinski definition) is 2. The highest BCUT2D eigenvalue weighted by Gasteiger charge is 2.09. The summed E-state index contributed by atoms with van der Waals surface area (Å²) in [6.07, 6.45) is -2.10. The third-order valence-electron chi connectivity index (χ3n) is 1.81. The quantitative estimate of drug-likeness (QED) is 0.713. The molecule has 6 nitrogen and oxygen atoms in total. The number of rotatable bonds is 6. The van der Waals surface area contributed by atoms with Crippen LogP contribution in [0.4, 0.5) is 4.79 Å². The third kappa shape index (κ3) is 4.60. The lowest BCUT2D eigenvalue weighted by molar-refractivity contribution is 0.0413. The van der Waals surface area contributed by atoms with Gasteiger partial charge in [0.15, 0.2) is 11.5 Å². The van der Waals surface area contributed by atoms with E-state index in [4.69, 9.17) is 19.3 Å². The van der Waals surface area contributed by atoms with Crippen LogP contribution in [-0.2, 0) is 4.74 Å². The summed E-state index contributed by atoms with van der Waals surface area (Å²) in [7, 11) is -2.60. The molecule has 3 N–H and O–H groups in total. The van der Waals surface area contributed by atoms with Gasteiger partial charge in [-0.25, -0.2) is 4.79 Å². The van der Waals surface area contributed by atoms with E-state index >= 15 is 0 Å². The van der Waals surface area contributed by atoms with Crippen molar-refractivity contribution in [3.05, 3.63) is 24.3 Å². The van der Waals surface area contributed by atoms with Crippen LogP contribution in [0.5, 0.6) is 11.5 Å². The highest BCUT2D eigenvalue weighted by molar-refractivity contribution is 5.64. The predicted molar refractivity (Wildman–Crippen MR) is 60.0 cm³/mol. The van der Waals surface area contributed by atoms with Crippen LogP contribution in [0, 0.1) is 0 Å². The van der Waals surface area contributed by atoms with Crippen molar-refractivity contribution >= 4 is 6.09 Å². The molecule has 0 aromatic heterocycles. The van der Waals surface area contributed by atoms with E-state index in [1.807, 2.05) is 0 Å². The van der Waals surface area contributed by atoms with Gasteiger partial charge in [-0.2, -0.15) is 0 Å². The summed E-state index contributed by atoms with van der Waals surface area (Å²) in [4.78, 5) is 10.4. The maximum atomic E-state index is 10.4. The van der Waals surface area contributed by atoms with Crippen molar-refractivity contribution < 1.29 is 28.2 Å². The van der Waals surface area contributed by atoms with Gasteiger partial charge in [0.2, 0.25) is 0 Å². The van der Waals surface area contributed by atoms with Crippen LogP contribution < -0.4 is 15.2 Å². The molecule has 0 saturated heterocycles. The summed E-state index contributed by atoms with van der Waals surface area (Å²) in [5.41, 5.74) is 4.75. The molecule has 0 spiro atoms. The minimum Gasteiger partial charge on any atom is -0.493 e. The molecule has 17 heavy (non-hydrogen) atoms. The molecule has 1 atom stereocenters. The van der Waals surface area contributed by atoms with Crippen LogP contribution in [0.2, 0.25) is 0 Å². The molecule has 1 amide bonds. The molecule has 0 aliphatic carbocycles. The molecular weight excluding hydrogens is 227 g/mol.